The van der Waals surface area contributed by atoms with Crippen LogP contribution in [0.15, 0.2) is 0 Å². The topological polar surface area (TPSA) is 40.5 Å². The molecule has 1 unspecified atom stereocenters. The Morgan fingerprint density at radius 1 is 1.71 bits per heavy atom. The zero-order valence-corrected chi connectivity index (χ0v) is 5.10. The van der Waals surface area contributed by atoms with Gasteiger partial charge in [-0.2, -0.15) is 12.6 Å². The van der Waals surface area contributed by atoms with Crippen molar-refractivity contribution in [3.05, 3.63) is 0 Å². The van der Waals surface area contributed by atoms with E-state index in [4.69, 9.17) is 10.0 Å². The van der Waals surface area contributed by atoms with E-state index in [9.17, 15) is 0 Å². The van der Waals surface area contributed by atoms with Gasteiger partial charge in [-0.25, -0.2) is 0 Å². The van der Waals surface area contributed by atoms with Gasteiger partial charge in [-0.15, -0.1) is 0 Å². The molecule has 0 spiro atoms. The third-order valence-electron chi connectivity index (χ3n) is 0.552. The monoisotopic (exact) mass is 120 g/mol. The minimum atomic E-state index is -1.20. The smallest absolute Gasteiger partial charge is 0.427 e. The van der Waals surface area contributed by atoms with Crippen molar-refractivity contribution in [2.75, 3.05) is 0 Å². The molecule has 0 saturated heterocycles. The van der Waals surface area contributed by atoms with E-state index in [0.717, 1.165) is 0 Å². The van der Waals surface area contributed by atoms with Gasteiger partial charge in [-0.3, -0.25) is 0 Å². The third-order valence-corrected chi connectivity index (χ3v) is 0.763. The zero-order valence-electron chi connectivity index (χ0n) is 4.20. The molecule has 0 aliphatic carbocycles. The molecular formula is C3H9BO2S. The lowest BCUT2D eigenvalue weighted by molar-refractivity contribution is 0.405. The van der Waals surface area contributed by atoms with E-state index in [0.29, 0.717) is 6.32 Å². The minimum absolute atomic E-state index is 0.0694. The summed E-state index contributed by atoms with van der Waals surface area (Å²) >= 11 is 3.92. The second-order valence-electron chi connectivity index (χ2n) is 1.57. The van der Waals surface area contributed by atoms with Crippen LogP contribution in [0.1, 0.15) is 6.92 Å². The van der Waals surface area contributed by atoms with Crippen molar-refractivity contribution in [1.82, 2.24) is 0 Å². The molecule has 1 atom stereocenters. The Balaban J connectivity index is 2.95. The van der Waals surface area contributed by atoms with Crippen LogP contribution in [-0.4, -0.2) is 22.4 Å². The molecule has 2 N–H and O–H groups in total. The molecule has 0 saturated carbocycles. The van der Waals surface area contributed by atoms with Gasteiger partial charge in [-0.1, -0.05) is 6.92 Å². The first-order valence-corrected chi connectivity index (χ1v) is 2.68. The lowest BCUT2D eigenvalue weighted by atomic mass is 9.85. The summed E-state index contributed by atoms with van der Waals surface area (Å²) in [7, 11) is -1.20. The van der Waals surface area contributed by atoms with Crippen LogP contribution in [0.25, 0.3) is 0 Å². The van der Waals surface area contributed by atoms with E-state index < -0.39 is 7.12 Å². The van der Waals surface area contributed by atoms with Gasteiger partial charge >= 0.3 is 7.12 Å². The fourth-order valence-corrected chi connectivity index (χ4v) is 0.494. The molecule has 0 aromatic rings. The second kappa shape index (κ2) is 3.35. The maximum atomic E-state index is 8.23. The van der Waals surface area contributed by atoms with Gasteiger partial charge in [0, 0.05) is 0 Å². The molecule has 0 radical (unpaired) electrons. The molecule has 4 heteroatoms. The predicted molar refractivity (Wildman–Crippen MR) is 33.4 cm³/mol. The van der Waals surface area contributed by atoms with Crippen LogP contribution >= 0.6 is 12.6 Å². The third kappa shape index (κ3) is 6.33. The highest BCUT2D eigenvalue weighted by molar-refractivity contribution is 7.81. The van der Waals surface area contributed by atoms with Crippen molar-refractivity contribution in [2.45, 2.75) is 18.5 Å². The summed E-state index contributed by atoms with van der Waals surface area (Å²) in [5.41, 5.74) is 0. The van der Waals surface area contributed by atoms with Crippen LogP contribution in [-0.2, 0) is 0 Å². The molecular weight excluding hydrogens is 111 g/mol. The molecule has 0 rings (SSSR count). The van der Waals surface area contributed by atoms with E-state index in [1.165, 1.54) is 0 Å². The first-order chi connectivity index (χ1) is 3.13. The standard InChI is InChI=1S/C3H9BO2S/c1-3(7)2-4(5)6/h3,5-7H,2H2,1H3. The lowest BCUT2D eigenvalue weighted by Crippen LogP contribution is -2.14. The zero-order chi connectivity index (χ0) is 5.86. The number of thiol groups is 1. The number of rotatable bonds is 2. The number of hydrogen-bond acceptors (Lipinski definition) is 3. The Labute approximate surface area is 49.1 Å². The van der Waals surface area contributed by atoms with E-state index in [2.05, 4.69) is 12.6 Å². The first kappa shape index (κ1) is 7.33. The summed E-state index contributed by atoms with van der Waals surface area (Å²) in [4.78, 5) is 0. The van der Waals surface area contributed by atoms with Gasteiger partial charge in [0.2, 0.25) is 0 Å². The van der Waals surface area contributed by atoms with Crippen molar-refractivity contribution in [3.63, 3.8) is 0 Å². The molecule has 42 valence electrons. The normalized spacial score (nSPS) is 13.7. The average Bonchev–Trinajstić information content (AvgIpc) is 1.27. The second-order valence-corrected chi connectivity index (χ2v) is 2.45. The maximum absolute atomic E-state index is 8.23. The van der Waals surface area contributed by atoms with Gasteiger partial charge in [0.25, 0.3) is 0 Å². The summed E-state index contributed by atoms with van der Waals surface area (Å²) in [6.45, 7) is 1.81. The Bertz CT molecular complexity index is 42.2. The molecule has 0 aromatic heterocycles. The fourth-order valence-electron chi connectivity index (χ4n) is 0.305. The molecule has 0 amide bonds. The van der Waals surface area contributed by atoms with Crippen LogP contribution in [0.4, 0.5) is 0 Å². The molecule has 2 nitrogen and oxygen atoms in total. The molecule has 0 fully saturated rings. The lowest BCUT2D eigenvalue weighted by Gasteiger charge is -1.98. The molecule has 0 aliphatic rings. The summed E-state index contributed by atoms with van der Waals surface area (Å²) < 4.78 is 0. The number of hydrogen-bond donors (Lipinski definition) is 3. The van der Waals surface area contributed by atoms with Crippen LogP contribution < -0.4 is 0 Å². The fraction of sp³-hybridized carbons (Fsp3) is 1.00. The average molecular weight is 120 g/mol. The van der Waals surface area contributed by atoms with E-state index in [1.54, 1.807) is 0 Å². The van der Waals surface area contributed by atoms with Crippen molar-refractivity contribution >= 4 is 19.7 Å². The quantitative estimate of drug-likeness (QED) is 0.348. The Kier molecular flexibility index (Phi) is 3.51. The molecule has 0 heterocycles. The van der Waals surface area contributed by atoms with Gasteiger partial charge in [0.05, 0.1) is 0 Å². The Morgan fingerprint density at radius 3 is 2.14 bits per heavy atom. The van der Waals surface area contributed by atoms with Gasteiger partial charge in [0.1, 0.15) is 0 Å². The van der Waals surface area contributed by atoms with Crippen molar-refractivity contribution in [1.29, 1.82) is 0 Å². The van der Waals surface area contributed by atoms with Gasteiger partial charge in [0.15, 0.2) is 0 Å². The Hall–Kier alpha value is 0.335. The highest BCUT2D eigenvalue weighted by Gasteiger charge is 2.08. The molecule has 0 aliphatic heterocycles. The molecule has 0 bridgehead atoms. The van der Waals surface area contributed by atoms with E-state index in [1.807, 2.05) is 6.92 Å². The highest BCUT2D eigenvalue weighted by atomic mass is 32.1. The predicted octanol–water partition coefficient (Wildman–Crippen LogP) is -0.223. The highest BCUT2D eigenvalue weighted by Crippen LogP contribution is 1.99. The van der Waals surface area contributed by atoms with Crippen LogP contribution in [0.2, 0.25) is 6.32 Å². The Morgan fingerprint density at radius 2 is 2.14 bits per heavy atom. The largest absolute Gasteiger partial charge is 0.452 e. The maximum Gasteiger partial charge on any atom is 0.452 e. The summed E-state index contributed by atoms with van der Waals surface area (Å²) in [5.74, 6) is 0. The first-order valence-electron chi connectivity index (χ1n) is 2.17. The van der Waals surface area contributed by atoms with Gasteiger partial charge < -0.3 is 10.0 Å². The summed E-state index contributed by atoms with van der Waals surface area (Å²) in [5, 5.41) is 16.5. The van der Waals surface area contributed by atoms with Crippen molar-refractivity contribution in [3.8, 4) is 0 Å². The van der Waals surface area contributed by atoms with Crippen molar-refractivity contribution < 1.29 is 10.0 Å². The van der Waals surface area contributed by atoms with Crippen molar-refractivity contribution in [2.24, 2.45) is 0 Å². The summed E-state index contributed by atoms with van der Waals surface area (Å²) in [6.07, 6.45) is 0.336. The van der Waals surface area contributed by atoms with Crippen LogP contribution in [0.5, 0.6) is 0 Å². The summed E-state index contributed by atoms with van der Waals surface area (Å²) in [6, 6.07) is 0. The van der Waals surface area contributed by atoms with E-state index in [-0.39, 0.29) is 5.25 Å². The van der Waals surface area contributed by atoms with Crippen LogP contribution in [0, 0.1) is 0 Å². The van der Waals surface area contributed by atoms with E-state index >= 15 is 0 Å². The SMILES string of the molecule is CC(S)CB(O)O. The molecule has 7 heavy (non-hydrogen) atoms. The van der Waals surface area contributed by atoms with Gasteiger partial charge in [-0.05, 0) is 11.6 Å². The minimum Gasteiger partial charge on any atom is -0.427 e. The van der Waals surface area contributed by atoms with Crippen LogP contribution in [0.3, 0.4) is 0 Å². The molecule has 0 aromatic carbocycles.